The van der Waals surface area contributed by atoms with Gasteiger partial charge in [0.2, 0.25) is 0 Å². The predicted octanol–water partition coefficient (Wildman–Crippen LogP) is 3.66. The second-order valence-electron chi connectivity index (χ2n) is 7.15. The first kappa shape index (κ1) is 20.3. The third kappa shape index (κ3) is 6.30. The zero-order valence-electron chi connectivity index (χ0n) is 16.0. The maximum Gasteiger partial charge on any atom is 0.318 e. The van der Waals surface area contributed by atoms with Crippen molar-refractivity contribution in [1.82, 2.24) is 10.2 Å². The number of hydrogen-bond acceptors (Lipinski definition) is 5. The zero-order valence-corrected chi connectivity index (χ0v) is 16.8. The molecule has 1 heterocycles. The normalized spacial score (nSPS) is 15.2. The van der Waals surface area contributed by atoms with Gasteiger partial charge in [-0.2, -0.15) is 8.42 Å². The number of rotatable bonds is 7. The van der Waals surface area contributed by atoms with E-state index in [1.165, 1.54) is 6.42 Å². The summed E-state index contributed by atoms with van der Waals surface area (Å²) in [5.41, 5.74) is 0.770. The lowest BCUT2D eigenvalue weighted by Gasteiger charge is -2.28. The molecular weight excluding hydrogens is 380 g/mol. The van der Waals surface area contributed by atoms with Gasteiger partial charge in [0.25, 0.3) is 0 Å². The Morgan fingerprint density at radius 2 is 1.96 bits per heavy atom. The van der Waals surface area contributed by atoms with Crippen molar-refractivity contribution in [1.29, 1.82) is 0 Å². The minimum absolute atomic E-state index is 0.155. The number of benzene rings is 1. The molecule has 1 aliphatic carbocycles. The van der Waals surface area contributed by atoms with Crippen molar-refractivity contribution in [2.24, 2.45) is 0 Å². The van der Waals surface area contributed by atoms with E-state index in [4.69, 9.17) is 8.60 Å². The van der Waals surface area contributed by atoms with Gasteiger partial charge < -0.3 is 18.8 Å². The molecule has 0 bridgehead atoms. The number of carbonyl (C=O) groups excluding carboxylic acids is 1. The molecule has 0 unspecified atom stereocenters. The van der Waals surface area contributed by atoms with E-state index in [9.17, 15) is 13.2 Å². The van der Waals surface area contributed by atoms with Gasteiger partial charge in [0.05, 0.1) is 19.1 Å². The van der Waals surface area contributed by atoms with Crippen molar-refractivity contribution in [3.05, 3.63) is 54.0 Å². The number of nitrogens with one attached hydrogen (secondary N) is 1. The second-order valence-corrected chi connectivity index (χ2v) is 8.73. The monoisotopic (exact) mass is 406 g/mol. The van der Waals surface area contributed by atoms with Crippen LogP contribution < -0.4 is 9.50 Å². The van der Waals surface area contributed by atoms with Gasteiger partial charge in [0.1, 0.15) is 11.5 Å². The van der Waals surface area contributed by atoms with E-state index in [1.54, 1.807) is 35.4 Å². The fourth-order valence-corrected chi connectivity index (χ4v) is 3.85. The molecule has 0 saturated heterocycles. The minimum atomic E-state index is -3.61. The molecule has 2 amide bonds. The largest absolute Gasteiger partial charge is 0.467 e. The molecule has 1 aromatic heterocycles. The molecule has 8 heteroatoms. The van der Waals surface area contributed by atoms with Crippen molar-refractivity contribution < 1.29 is 21.8 Å². The van der Waals surface area contributed by atoms with Crippen LogP contribution in [-0.2, 0) is 23.2 Å². The SMILES string of the molecule is CS(=O)(=O)Oc1cccc(CN(Cc2ccco2)C(=O)NC2CCCCC2)c1. The summed E-state index contributed by atoms with van der Waals surface area (Å²) >= 11 is 0. The first-order valence-corrected chi connectivity index (χ1v) is 11.3. The Labute approximate surface area is 165 Å². The van der Waals surface area contributed by atoms with Crippen molar-refractivity contribution in [2.45, 2.75) is 51.2 Å². The van der Waals surface area contributed by atoms with Gasteiger partial charge in [-0.1, -0.05) is 31.4 Å². The first-order valence-electron chi connectivity index (χ1n) is 9.45. The Bertz CT molecular complexity index is 874. The van der Waals surface area contributed by atoms with Crippen molar-refractivity contribution >= 4 is 16.1 Å². The lowest BCUT2D eigenvalue weighted by Crippen LogP contribution is -2.44. The third-order valence-electron chi connectivity index (χ3n) is 4.67. The smallest absolute Gasteiger partial charge is 0.318 e. The number of carbonyl (C=O) groups is 1. The first-order chi connectivity index (χ1) is 13.4. The van der Waals surface area contributed by atoms with Crippen LogP contribution in [0.25, 0.3) is 0 Å². The highest BCUT2D eigenvalue weighted by atomic mass is 32.2. The van der Waals surface area contributed by atoms with Gasteiger partial charge in [-0.25, -0.2) is 4.79 Å². The van der Waals surface area contributed by atoms with E-state index in [-0.39, 0.29) is 17.8 Å². The molecule has 0 spiro atoms. The number of hydrogen-bond donors (Lipinski definition) is 1. The Morgan fingerprint density at radius 3 is 2.64 bits per heavy atom. The molecule has 0 radical (unpaired) electrons. The molecule has 1 N–H and O–H groups in total. The van der Waals surface area contributed by atoms with E-state index in [0.717, 1.165) is 37.5 Å². The van der Waals surface area contributed by atoms with Crippen molar-refractivity contribution in [3.8, 4) is 5.75 Å². The van der Waals surface area contributed by atoms with E-state index < -0.39 is 10.1 Å². The Kier molecular flexibility index (Phi) is 6.61. The molecule has 1 fully saturated rings. The Morgan fingerprint density at radius 1 is 1.18 bits per heavy atom. The lowest BCUT2D eigenvalue weighted by atomic mass is 9.96. The highest BCUT2D eigenvalue weighted by Gasteiger charge is 2.21. The van der Waals surface area contributed by atoms with Crippen LogP contribution in [-0.4, -0.2) is 31.6 Å². The molecule has 2 aromatic rings. The van der Waals surface area contributed by atoms with Crippen LogP contribution in [0.3, 0.4) is 0 Å². The topological polar surface area (TPSA) is 88.9 Å². The average Bonchev–Trinajstić information content (AvgIpc) is 3.14. The summed E-state index contributed by atoms with van der Waals surface area (Å²) in [6.07, 6.45) is 8.06. The van der Waals surface area contributed by atoms with Gasteiger partial charge in [0.15, 0.2) is 0 Å². The highest BCUT2D eigenvalue weighted by molar-refractivity contribution is 7.86. The number of urea groups is 1. The van der Waals surface area contributed by atoms with Crippen LogP contribution in [0, 0.1) is 0 Å². The molecule has 0 aliphatic heterocycles. The van der Waals surface area contributed by atoms with E-state index >= 15 is 0 Å². The fraction of sp³-hybridized carbons (Fsp3) is 0.450. The van der Waals surface area contributed by atoms with Crippen LogP contribution in [0.1, 0.15) is 43.4 Å². The average molecular weight is 407 g/mol. The summed E-state index contributed by atoms with van der Waals surface area (Å²) in [5.74, 6) is 0.910. The standard InChI is InChI=1S/C20H26N2O5S/c1-28(24,25)27-18-10-5-7-16(13-18)14-22(15-19-11-6-12-26-19)20(23)21-17-8-3-2-4-9-17/h5-7,10-13,17H,2-4,8-9,14-15H2,1H3,(H,21,23). The van der Waals surface area contributed by atoms with Gasteiger partial charge in [-0.15, -0.1) is 0 Å². The lowest BCUT2D eigenvalue weighted by molar-refractivity contribution is 0.180. The van der Waals surface area contributed by atoms with Crippen LogP contribution in [0.15, 0.2) is 47.1 Å². The quantitative estimate of drug-likeness (QED) is 0.709. The summed E-state index contributed by atoms with van der Waals surface area (Å²) in [6.45, 7) is 0.628. The molecule has 3 rings (SSSR count). The highest BCUT2D eigenvalue weighted by Crippen LogP contribution is 2.20. The summed E-state index contributed by atoms with van der Waals surface area (Å²) in [7, 11) is -3.61. The van der Waals surface area contributed by atoms with Gasteiger partial charge in [-0.05, 0) is 42.7 Å². The van der Waals surface area contributed by atoms with Crippen LogP contribution >= 0.6 is 0 Å². The predicted molar refractivity (Wildman–Crippen MR) is 105 cm³/mol. The Hall–Kier alpha value is -2.48. The third-order valence-corrected chi connectivity index (χ3v) is 5.16. The summed E-state index contributed by atoms with van der Waals surface area (Å²) in [4.78, 5) is 14.6. The molecule has 0 atom stereocenters. The van der Waals surface area contributed by atoms with Gasteiger partial charge in [-0.3, -0.25) is 0 Å². The van der Waals surface area contributed by atoms with E-state index in [1.807, 2.05) is 12.1 Å². The fourth-order valence-electron chi connectivity index (χ4n) is 3.39. The second kappa shape index (κ2) is 9.14. The summed E-state index contributed by atoms with van der Waals surface area (Å²) in [5, 5.41) is 3.12. The maximum absolute atomic E-state index is 12.9. The minimum Gasteiger partial charge on any atom is -0.467 e. The number of nitrogens with zero attached hydrogens (tertiary/aromatic N) is 1. The van der Waals surface area contributed by atoms with Crippen LogP contribution in [0.4, 0.5) is 4.79 Å². The van der Waals surface area contributed by atoms with Crippen LogP contribution in [0.5, 0.6) is 5.75 Å². The zero-order chi connectivity index (χ0) is 20.0. The van der Waals surface area contributed by atoms with Gasteiger partial charge >= 0.3 is 16.1 Å². The molecule has 1 aliphatic rings. The molecule has 1 saturated carbocycles. The Balaban J connectivity index is 1.73. The number of amides is 2. The molecule has 1 aromatic carbocycles. The van der Waals surface area contributed by atoms with Crippen molar-refractivity contribution in [2.75, 3.05) is 6.26 Å². The maximum atomic E-state index is 12.9. The van der Waals surface area contributed by atoms with Crippen LogP contribution in [0.2, 0.25) is 0 Å². The van der Waals surface area contributed by atoms with Crippen molar-refractivity contribution in [3.63, 3.8) is 0 Å². The number of furan rings is 1. The molecule has 28 heavy (non-hydrogen) atoms. The van der Waals surface area contributed by atoms with E-state index in [0.29, 0.717) is 18.8 Å². The molecule has 7 nitrogen and oxygen atoms in total. The molecule has 152 valence electrons. The summed E-state index contributed by atoms with van der Waals surface area (Å²) in [6, 6.07) is 10.4. The summed E-state index contributed by atoms with van der Waals surface area (Å²) < 4.78 is 33.1. The van der Waals surface area contributed by atoms with Gasteiger partial charge in [0, 0.05) is 12.6 Å². The van der Waals surface area contributed by atoms with E-state index in [2.05, 4.69) is 5.32 Å². The molecular formula is C20H26N2O5S.